The Morgan fingerprint density at radius 2 is 0.676 bits per heavy atom. The molecule has 218 valence electrons. The average Bonchev–Trinajstić information content (AvgIpc) is 2.68. The molecule has 10 nitrogen and oxygen atoms in total. The summed E-state index contributed by atoms with van der Waals surface area (Å²) >= 11 is 0. The Labute approximate surface area is 225 Å². The molecule has 3 rings (SSSR count). The zero-order valence-electron chi connectivity index (χ0n) is 23.0. The van der Waals surface area contributed by atoms with Gasteiger partial charge in [0.05, 0.1) is 24.4 Å². The van der Waals surface area contributed by atoms with Gasteiger partial charge in [0.2, 0.25) is 0 Å². The summed E-state index contributed by atoms with van der Waals surface area (Å²) in [5.74, 6) is -4.59. The molecule has 0 aromatic heterocycles. The van der Waals surface area contributed by atoms with Gasteiger partial charge in [0, 0.05) is 0 Å². The van der Waals surface area contributed by atoms with Crippen molar-refractivity contribution in [2.24, 2.45) is 16.2 Å². The second-order valence-corrected chi connectivity index (χ2v) is 19.6. The molecule has 0 spiro atoms. The molecule has 6 N–H and O–H groups in total. The topological polar surface area (TPSA) is 152 Å². The second kappa shape index (κ2) is 12.8. The van der Waals surface area contributed by atoms with E-state index in [-0.39, 0.29) is 36.4 Å². The van der Waals surface area contributed by atoms with Gasteiger partial charge in [0.25, 0.3) is 0 Å². The van der Waals surface area contributed by atoms with E-state index in [1.165, 1.54) is 0 Å². The van der Waals surface area contributed by atoms with E-state index in [4.69, 9.17) is 13.6 Å². The molecule has 3 saturated heterocycles. The highest BCUT2D eigenvalue weighted by Crippen LogP contribution is 2.59. The van der Waals surface area contributed by atoms with Gasteiger partial charge in [-0.3, -0.25) is 0 Å². The van der Waals surface area contributed by atoms with Crippen LogP contribution in [-0.4, -0.2) is 90.8 Å². The van der Waals surface area contributed by atoms with Crippen LogP contribution < -0.4 is 0 Å². The van der Waals surface area contributed by atoms with Crippen molar-refractivity contribution in [2.45, 2.75) is 115 Å². The third-order valence-electron chi connectivity index (χ3n) is 7.34. The minimum atomic E-state index is -1.53. The molecule has 3 heterocycles. The molecule has 3 fully saturated rings. The van der Waals surface area contributed by atoms with Crippen molar-refractivity contribution in [3.05, 3.63) is 0 Å². The van der Waals surface area contributed by atoms with E-state index in [1.807, 2.05) is 41.5 Å². The molecule has 0 amide bonds. The second-order valence-electron chi connectivity index (χ2n) is 13.1. The van der Waals surface area contributed by atoms with Crippen molar-refractivity contribution in [1.82, 2.24) is 4.90 Å². The minimum Gasteiger partial charge on any atom is -0.386 e. The number of rotatable bonds is 9. The number of hydrogen-bond acceptors (Lipinski definition) is 10. The summed E-state index contributed by atoms with van der Waals surface area (Å²) in [6.07, 6.45) is 3.18. The molecule has 3 aliphatic rings. The van der Waals surface area contributed by atoms with Gasteiger partial charge in [-0.05, 0) is 54.8 Å². The minimum absolute atomic E-state index is 0.0119. The van der Waals surface area contributed by atoms with Gasteiger partial charge >= 0.3 is 0 Å². The fourth-order valence-electron chi connectivity index (χ4n) is 5.42. The smallest absolute Gasteiger partial charge is 0.107 e. The van der Waals surface area contributed by atoms with Gasteiger partial charge in [-0.2, -0.15) is 0 Å². The number of nitrogens with zero attached hydrogens (tertiary/aromatic N) is 1. The van der Waals surface area contributed by atoms with Gasteiger partial charge < -0.3 is 44.2 Å². The SMILES string of the molecule is CC1(C)CC(O)P(OCN(COP2C(O)CC(C)(C)CC2O)COP2C(O)CC(C)(C)CC2O)C(O)C1. The zero-order chi connectivity index (χ0) is 27.8. The molecule has 6 atom stereocenters. The lowest BCUT2D eigenvalue weighted by molar-refractivity contribution is -0.0130. The Hall–Kier alpha value is 0.890. The van der Waals surface area contributed by atoms with E-state index >= 15 is 0 Å². The molecular formula is C24H48NO9P3. The Morgan fingerprint density at radius 3 is 0.865 bits per heavy atom. The summed E-state index contributed by atoms with van der Waals surface area (Å²) in [6.45, 7) is 12.0. The van der Waals surface area contributed by atoms with Crippen LogP contribution in [0.25, 0.3) is 0 Å². The van der Waals surface area contributed by atoms with Crippen LogP contribution >= 0.6 is 24.4 Å². The normalized spacial score (nSPS) is 41.6. The van der Waals surface area contributed by atoms with E-state index in [2.05, 4.69) is 0 Å². The maximum absolute atomic E-state index is 10.6. The quantitative estimate of drug-likeness (QED) is 0.174. The van der Waals surface area contributed by atoms with Gasteiger partial charge in [-0.1, -0.05) is 41.5 Å². The third-order valence-corrected chi connectivity index (χ3v) is 13.2. The van der Waals surface area contributed by atoms with E-state index in [9.17, 15) is 30.6 Å². The van der Waals surface area contributed by atoms with Gasteiger partial charge in [-0.15, -0.1) is 0 Å². The molecule has 0 aromatic rings. The van der Waals surface area contributed by atoms with Crippen LogP contribution in [0.15, 0.2) is 0 Å². The predicted octanol–water partition coefficient (Wildman–Crippen LogP) is 3.77. The lowest BCUT2D eigenvalue weighted by Gasteiger charge is -2.43. The first-order valence-corrected chi connectivity index (χ1v) is 17.2. The molecule has 0 bridgehead atoms. The molecule has 0 aromatic carbocycles. The highest BCUT2D eigenvalue weighted by atomic mass is 31.1. The zero-order valence-corrected chi connectivity index (χ0v) is 25.7. The van der Waals surface area contributed by atoms with Crippen LogP contribution in [0.2, 0.25) is 0 Å². The number of hydrogen-bond donors (Lipinski definition) is 6. The Kier molecular flexibility index (Phi) is 11.2. The van der Waals surface area contributed by atoms with E-state index < -0.39 is 59.5 Å². The summed E-state index contributed by atoms with van der Waals surface area (Å²) in [6, 6.07) is 0. The molecule has 3 aliphatic heterocycles. The fourth-order valence-corrected chi connectivity index (χ4v) is 12.6. The predicted molar refractivity (Wildman–Crippen MR) is 146 cm³/mol. The lowest BCUT2D eigenvalue weighted by Crippen LogP contribution is -2.38. The first-order chi connectivity index (χ1) is 17.0. The Balaban J connectivity index is 1.63. The third kappa shape index (κ3) is 9.19. The molecule has 0 saturated carbocycles. The van der Waals surface area contributed by atoms with E-state index in [1.54, 1.807) is 4.90 Å². The Morgan fingerprint density at radius 1 is 0.486 bits per heavy atom. The molecule has 13 heteroatoms. The van der Waals surface area contributed by atoms with Gasteiger partial charge in [0.15, 0.2) is 0 Å². The van der Waals surface area contributed by atoms with Crippen molar-refractivity contribution in [1.29, 1.82) is 0 Å². The van der Waals surface area contributed by atoms with Crippen molar-refractivity contribution < 1.29 is 44.2 Å². The summed E-state index contributed by atoms with van der Waals surface area (Å²) < 4.78 is 18.0. The monoisotopic (exact) mass is 587 g/mol. The first kappa shape index (κ1) is 32.4. The van der Waals surface area contributed by atoms with Crippen molar-refractivity contribution in [3.8, 4) is 0 Å². The van der Waals surface area contributed by atoms with Crippen LogP contribution in [0.5, 0.6) is 0 Å². The molecular weight excluding hydrogens is 539 g/mol. The van der Waals surface area contributed by atoms with Crippen LogP contribution in [0, 0.1) is 16.2 Å². The van der Waals surface area contributed by atoms with Gasteiger partial charge in [0.1, 0.15) is 55.3 Å². The van der Waals surface area contributed by atoms with Crippen molar-refractivity contribution >= 4 is 24.4 Å². The maximum atomic E-state index is 10.6. The average molecular weight is 588 g/mol. The standard InChI is InChI=1S/C24H48NO9P3/c1-22(2)7-16(26)35(17(27)8-22)32-13-25(14-33-36-18(28)9-23(3,4)10-19(36)29)15-34-37-20(30)11-24(5,6)12-21(37)31/h16-21,26-31H,7-15H2,1-6H3. The van der Waals surface area contributed by atoms with Crippen LogP contribution in [0.4, 0.5) is 0 Å². The van der Waals surface area contributed by atoms with Crippen LogP contribution in [0.3, 0.4) is 0 Å². The van der Waals surface area contributed by atoms with Crippen LogP contribution in [-0.2, 0) is 13.6 Å². The largest absolute Gasteiger partial charge is 0.386 e. The maximum Gasteiger partial charge on any atom is 0.107 e. The van der Waals surface area contributed by atoms with Crippen molar-refractivity contribution in [2.75, 3.05) is 20.2 Å². The summed E-state index contributed by atoms with van der Waals surface area (Å²) in [4.78, 5) is 1.67. The molecule has 6 unspecified atom stereocenters. The van der Waals surface area contributed by atoms with E-state index in [0.717, 1.165) is 0 Å². The lowest BCUT2D eigenvalue weighted by atomic mass is 9.86. The van der Waals surface area contributed by atoms with E-state index in [0.29, 0.717) is 38.5 Å². The summed E-state index contributed by atoms with van der Waals surface area (Å²) in [5, 5.41) is 63.8. The Bertz CT molecular complexity index is 609. The number of aliphatic hydroxyl groups is 6. The molecule has 0 aliphatic carbocycles. The highest BCUT2D eigenvalue weighted by molar-refractivity contribution is 7.54. The summed E-state index contributed by atoms with van der Waals surface area (Å²) in [5.41, 5.74) is -0.541. The number of aliphatic hydroxyl groups excluding tert-OH is 6. The van der Waals surface area contributed by atoms with Crippen LogP contribution in [0.1, 0.15) is 80.1 Å². The highest BCUT2D eigenvalue weighted by Gasteiger charge is 2.44. The first-order valence-electron chi connectivity index (χ1n) is 13.0. The summed E-state index contributed by atoms with van der Waals surface area (Å²) in [7, 11) is -4.58. The fraction of sp³-hybridized carbons (Fsp3) is 1.00. The molecule has 0 radical (unpaired) electrons. The molecule has 37 heavy (non-hydrogen) atoms. The van der Waals surface area contributed by atoms with Gasteiger partial charge in [-0.25, -0.2) is 4.90 Å². The van der Waals surface area contributed by atoms with Crippen molar-refractivity contribution in [3.63, 3.8) is 0 Å².